The van der Waals surface area contributed by atoms with Gasteiger partial charge in [-0.15, -0.1) is 5.10 Å². The van der Waals surface area contributed by atoms with Crippen molar-refractivity contribution in [3.63, 3.8) is 0 Å². The van der Waals surface area contributed by atoms with Crippen molar-refractivity contribution >= 4 is 6.01 Å². The summed E-state index contributed by atoms with van der Waals surface area (Å²) in [5.41, 5.74) is 6.45. The number of rotatable bonds is 4. The zero-order chi connectivity index (χ0) is 11.4. The van der Waals surface area contributed by atoms with Crippen LogP contribution in [-0.2, 0) is 12.8 Å². The summed E-state index contributed by atoms with van der Waals surface area (Å²) in [6, 6.07) is 7.96. The van der Waals surface area contributed by atoms with Crippen LogP contribution in [0.1, 0.15) is 11.5 Å². The van der Waals surface area contributed by atoms with Crippen molar-refractivity contribution < 1.29 is 9.15 Å². The fourth-order valence-corrected chi connectivity index (χ4v) is 1.52. The lowest BCUT2D eigenvalue weighted by Gasteiger charge is -2.06. The highest BCUT2D eigenvalue weighted by molar-refractivity contribution is 5.33. The van der Waals surface area contributed by atoms with Gasteiger partial charge in [-0.3, -0.25) is 0 Å². The third kappa shape index (κ3) is 2.31. The monoisotopic (exact) mass is 219 g/mol. The van der Waals surface area contributed by atoms with E-state index in [1.807, 2.05) is 24.3 Å². The summed E-state index contributed by atoms with van der Waals surface area (Å²) in [5.74, 6) is 1.42. The van der Waals surface area contributed by atoms with Gasteiger partial charge in [-0.05, 0) is 18.1 Å². The Labute approximate surface area is 93.2 Å². The molecule has 1 heterocycles. The molecular formula is C11H13N3O2. The van der Waals surface area contributed by atoms with Gasteiger partial charge in [0.1, 0.15) is 5.75 Å². The number of aryl methyl sites for hydroxylation is 2. The highest BCUT2D eigenvalue weighted by atomic mass is 16.5. The lowest BCUT2D eigenvalue weighted by Crippen LogP contribution is -1.95. The SMILES string of the molecule is COc1ccccc1CCc1nnc(N)o1. The van der Waals surface area contributed by atoms with Crippen LogP contribution in [0.2, 0.25) is 0 Å². The van der Waals surface area contributed by atoms with Crippen LogP contribution in [0, 0.1) is 0 Å². The molecule has 2 rings (SSSR count). The summed E-state index contributed by atoms with van der Waals surface area (Å²) >= 11 is 0. The van der Waals surface area contributed by atoms with E-state index in [9.17, 15) is 0 Å². The van der Waals surface area contributed by atoms with E-state index in [-0.39, 0.29) is 6.01 Å². The van der Waals surface area contributed by atoms with E-state index < -0.39 is 0 Å². The molecule has 2 N–H and O–H groups in total. The maximum Gasteiger partial charge on any atom is 0.312 e. The van der Waals surface area contributed by atoms with E-state index in [2.05, 4.69) is 10.2 Å². The third-order valence-electron chi connectivity index (χ3n) is 2.28. The second-order valence-electron chi connectivity index (χ2n) is 3.35. The molecule has 0 fully saturated rings. The molecule has 0 saturated carbocycles. The molecule has 0 bridgehead atoms. The average Bonchev–Trinajstić information content (AvgIpc) is 2.73. The summed E-state index contributed by atoms with van der Waals surface area (Å²) in [5, 5.41) is 7.41. The van der Waals surface area contributed by atoms with Crippen LogP contribution in [0.5, 0.6) is 5.75 Å². The smallest absolute Gasteiger partial charge is 0.312 e. The lowest BCUT2D eigenvalue weighted by molar-refractivity contribution is 0.408. The average molecular weight is 219 g/mol. The van der Waals surface area contributed by atoms with E-state index in [4.69, 9.17) is 14.9 Å². The Kier molecular flexibility index (Phi) is 3.05. The number of aromatic nitrogens is 2. The van der Waals surface area contributed by atoms with Crippen LogP contribution in [0.15, 0.2) is 28.7 Å². The van der Waals surface area contributed by atoms with Crippen molar-refractivity contribution in [2.75, 3.05) is 12.8 Å². The van der Waals surface area contributed by atoms with Crippen molar-refractivity contribution in [1.82, 2.24) is 10.2 Å². The number of ether oxygens (including phenoxy) is 1. The van der Waals surface area contributed by atoms with Crippen molar-refractivity contribution in [2.24, 2.45) is 0 Å². The lowest BCUT2D eigenvalue weighted by atomic mass is 10.1. The zero-order valence-electron chi connectivity index (χ0n) is 9.01. The second kappa shape index (κ2) is 4.65. The Morgan fingerprint density at radius 1 is 1.25 bits per heavy atom. The molecule has 0 radical (unpaired) electrons. The molecular weight excluding hydrogens is 206 g/mol. The quantitative estimate of drug-likeness (QED) is 0.842. The minimum atomic E-state index is 0.107. The van der Waals surface area contributed by atoms with Gasteiger partial charge in [-0.2, -0.15) is 0 Å². The Bertz CT molecular complexity index is 468. The Hall–Kier alpha value is -2.04. The zero-order valence-corrected chi connectivity index (χ0v) is 9.01. The number of para-hydroxylation sites is 1. The molecule has 0 aliphatic carbocycles. The fourth-order valence-electron chi connectivity index (χ4n) is 1.52. The summed E-state index contributed by atoms with van der Waals surface area (Å²) in [6.45, 7) is 0. The van der Waals surface area contributed by atoms with Crippen LogP contribution in [0.25, 0.3) is 0 Å². The number of nitrogens with two attached hydrogens (primary N) is 1. The summed E-state index contributed by atoms with van der Waals surface area (Å²) in [6.07, 6.45) is 1.44. The first kappa shape index (κ1) is 10.5. The highest BCUT2D eigenvalue weighted by Crippen LogP contribution is 2.19. The minimum Gasteiger partial charge on any atom is -0.496 e. The van der Waals surface area contributed by atoms with Gasteiger partial charge in [0.25, 0.3) is 0 Å². The first-order valence-corrected chi connectivity index (χ1v) is 4.99. The number of hydrogen-bond donors (Lipinski definition) is 1. The van der Waals surface area contributed by atoms with Crippen molar-refractivity contribution in [1.29, 1.82) is 0 Å². The summed E-state index contributed by atoms with van der Waals surface area (Å²) < 4.78 is 10.3. The second-order valence-corrected chi connectivity index (χ2v) is 3.35. The molecule has 0 saturated heterocycles. The Balaban J connectivity index is 2.04. The maximum atomic E-state index is 5.34. The van der Waals surface area contributed by atoms with Crippen LogP contribution in [0.3, 0.4) is 0 Å². The molecule has 0 atom stereocenters. The Morgan fingerprint density at radius 2 is 2.06 bits per heavy atom. The van der Waals surface area contributed by atoms with Crippen LogP contribution in [0.4, 0.5) is 6.01 Å². The van der Waals surface area contributed by atoms with Crippen molar-refractivity contribution in [2.45, 2.75) is 12.8 Å². The van der Waals surface area contributed by atoms with Crippen LogP contribution in [-0.4, -0.2) is 17.3 Å². The number of nitrogen functional groups attached to an aromatic ring is 1. The van der Waals surface area contributed by atoms with Gasteiger partial charge >= 0.3 is 6.01 Å². The number of nitrogens with zero attached hydrogens (tertiary/aromatic N) is 2. The molecule has 0 aliphatic heterocycles. The predicted octanol–water partition coefficient (Wildman–Crippen LogP) is 1.45. The van der Waals surface area contributed by atoms with Crippen LogP contribution >= 0.6 is 0 Å². The summed E-state index contributed by atoms with van der Waals surface area (Å²) in [7, 11) is 1.66. The molecule has 2 aromatic rings. The van der Waals surface area contributed by atoms with Crippen LogP contribution < -0.4 is 10.5 Å². The van der Waals surface area contributed by atoms with E-state index in [1.54, 1.807) is 7.11 Å². The normalized spacial score (nSPS) is 10.3. The largest absolute Gasteiger partial charge is 0.496 e. The summed E-state index contributed by atoms with van der Waals surface area (Å²) in [4.78, 5) is 0. The van der Waals surface area contributed by atoms with Gasteiger partial charge in [0.15, 0.2) is 0 Å². The van der Waals surface area contributed by atoms with E-state index >= 15 is 0 Å². The minimum absolute atomic E-state index is 0.107. The molecule has 0 unspecified atom stereocenters. The standard InChI is InChI=1S/C11H13N3O2/c1-15-9-5-3-2-4-8(9)6-7-10-13-14-11(12)16-10/h2-5H,6-7H2,1H3,(H2,12,14). The van der Waals surface area contributed by atoms with Gasteiger partial charge in [0.05, 0.1) is 7.11 Å². The highest BCUT2D eigenvalue weighted by Gasteiger charge is 2.06. The molecule has 5 nitrogen and oxygen atoms in total. The Morgan fingerprint density at radius 3 is 2.75 bits per heavy atom. The number of anilines is 1. The number of hydrogen-bond acceptors (Lipinski definition) is 5. The van der Waals surface area contributed by atoms with Crippen molar-refractivity contribution in [3.8, 4) is 5.75 Å². The molecule has 5 heteroatoms. The first-order chi connectivity index (χ1) is 7.79. The number of methoxy groups -OCH3 is 1. The molecule has 0 amide bonds. The molecule has 1 aromatic carbocycles. The van der Waals surface area contributed by atoms with E-state index in [0.29, 0.717) is 12.3 Å². The molecule has 16 heavy (non-hydrogen) atoms. The van der Waals surface area contributed by atoms with Gasteiger partial charge in [-0.1, -0.05) is 23.3 Å². The van der Waals surface area contributed by atoms with Gasteiger partial charge in [-0.25, -0.2) is 0 Å². The molecule has 0 aliphatic rings. The topological polar surface area (TPSA) is 74.2 Å². The van der Waals surface area contributed by atoms with Gasteiger partial charge in [0, 0.05) is 6.42 Å². The fraction of sp³-hybridized carbons (Fsp3) is 0.273. The predicted molar refractivity (Wildman–Crippen MR) is 59.1 cm³/mol. The first-order valence-electron chi connectivity index (χ1n) is 4.99. The molecule has 1 aromatic heterocycles. The number of benzene rings is 1. The van der Waals surface area contributed by atoms with Crippen molar-refractivity contribution in [3.05, 3.63) is 35.7 Å². The van der Waals surface area contributed by atoms with Gasteiger partial charge < -0.3 is 14.9 Å². The molecule has 84 valence electrons. The van der Waals surface area contributed by atoms with E-state index in [1.165, 1.54) is 0 Å². The molecule has 0 spiro atoms. The van der Waals surface area contributed by atoms with E-state index in [0.717, 1.165) is 17.7 Å². The van der Waals surface area contributed by atoms with Gasteiger partial charge in [0.2, 0.25) is 5.89 Å². The third-order valence-corrected chi connectivity index (χ3v) is 2.28. The maximum absolute atomic E-state index is 5.34.